The normalized spacial score (nSPS) is 12.9. The van der Waals surface area contributed by atoms with Gasteiger partial charge in [0.05, 0.1) is 16.7 Å². The number of benzene rings is 7. The average Bonchev–Trinajstić information content (AvgIpc) is 3.87. The SMILES string of the molecule is C/C=C(\C)N.c1ccc2c(c1)-c1cccc3c(-n4c5ccccc5c5c6c(ccc54)Cc4c-6ccc5oc6ccccc6c45)ccc-2c13. The van der Waals surface area contributed by atoms with Gasteiger partial charge < -0.3 is 14.7 Å². The Morgan fingerprint density at radius 2 is 1.25 bits per heavy atom. The monoisotopic (exact) mass is 616 g/mol. The number of hydrogen-bond donors (Lipinski definition) is 1. The van der Waals surface area contributed by atoms with Gasteiger partial charge in [-0.1, -0.05) is 103 Å². The molecule has 11 rings (SSSR count). The minimum atomic E-state index is 0.880. The molecule has 2 aromatic heterocycles. The van der Waals surface area contributed by atoms with E-state index < -0.39 is 0 Å². The van der Waals surface area contributed by atoms with E-state index >= 15 is 0 Å². The van der Waals surface area contributed by atoms with E-state index in [1.54, 1.807) is 0 Å². The van der Waals surface area contributed by atoms with Crippen molar-refractivity contribution in [2.75, 3.05) is 0 Å². The van der Waals surface area contributed by atoms with Crippen molar-refractivity contribution in [3.8, 4) is 39.1 Å². The van der Waals surface area contributed by atoms with Crippen LogP contribution in [0.3, 0.4) is 0 Å². The molecule has 0 fully saturated rings. The van der Waals surface area contributed by atoms with Gasteiger partial charge >= 0.3 is 0 Å². The Morgan fingerprint density at radius 3 is 2.06 bits per heavy atom. The van der Waals surface area contributed by atoms with Crippen LogP contribution in [0.25, 0.3) is 93.6 Å². The van der Waals surface area contributed by atoms with Crippen molar-refractivity contribution in [2.24, 2.45) is 5.73 Å². The fourth-order valence-electron chi connectivity index (χ4n) is 8.30. The second kappa shape index (κ2) is 9.97. The molecule has 0 radical (unpaired) electrons. The van der Waals surface area contributed by atoms with Gasteiger partial charge in [-0.3, -0.25) is 0 Å². The standard InChI is InChI=1S/C41H23NO.C4H9N/c1-2-9-25-24(8-1)26-12-7-13-29-34(20-17-27(25)39(26)29)42-33-14-5-3-10-30(33)41-35(42)19-16-23-22-32-28(38(23)41)18-21-37-40(32)31-11-4-6-15-36(31)43-37;1-3-4(2)5/h1-21H,22H2;3H,5H2,1-2H3/b;4-3+. The van der Waals surface area contributed by atoms with Crippen LogP contribution >= 0.6 is 0 Å². The predicted molar refractivity (Wildman–Crippen MR) is 202 cm³/mol. The molecule has 0 unspecified atom stereocenters. The van der Waals surface area contributed by atoms with Crippen molar-refractivity contribution in [3.63, 3.8) is 0 Å². The second-order valence-corrected chi connectivity index (χ2v) is 13.0. The maximum Gasteiger partial charge on any atom is 0.135 e. The molecule has 3 nitrogen and oxygen atoms in total. The number of fused-ring (bicyclic) bond motifs is 14. The number of nitrogens with two attached hydrogens (primary N) is 1. The molecule has 48 heavy (non-hydrogen) atoms. The summed E-state index contributed by atoms with van der Waals surface area (Å²) in [5.41, 5.74) is 22.5. The average molecular weight is 617 g/mol. The van der Waals surface area contributed by atoms with Crippen molar-refractivity contribution < 1.29 is 4.42 Å². The fourth-order valence-corrected chi connectivity index (χ4v) is 8.30. The quantitative estimate of drug-likeness (QED) is 0.199. The molecule has 3 heteroatoms. The van der Waals surface area contributed by atoms with Gasteiger partial charge in [0.1, 0.15) is 11.2 Å². The smallest absolute Gasteiger partial charge is 0.135 e. The third-order valence-corrected chi connectivity index (χ3v) is 10.4. The van der Waals surface area contributed by atoms with Crippen LogP contribution < -0.4 is 5.73 Å². The Kier molecular flexibility index (Phi) is 5.63. The lowest BCUT2D eigenvalue weighted by Gasteiger charge is -2.13. The van der Waals surface area contributed by atoms with Gasteiger partial charge in [-0.2, -0.15) is 0 Å². The maximum atomic E-state index is 6.28. The topological polar surface area (TPSA) is 44.1 Å². The van der Waals surface area contributed by atoms with Gasteiger partial charge in [-0.05, 0) is 100 Å². The van der Waals surface area contributed by atoms with Crippen molar-refractivity contribution in [1.82, 2.24) is 4.57 Å². The van der Waals surface area contributed by atoms with E-state index in [9.17, 15) is 0 Å². The Balaban J connectivity index is 0.000000554. The van der Waals surface area contributed by atoms with E-state index in [1.165, 1.54) is 93.5 Å². The molecule has 0 saturated heterocycles. The first-order chi connectivity index (χ1) is 23.6. The number of rotatable bonds is 1. The number of furan rings is 1. The largest absolute Gasteiger partial charge is 0.456 e. The van der Waals surface area contributed by atoms with Crippen LogP contribution in [0, 0.1) is 0 Å². The van der Waals surface area contributed by atoms with E-state index in [2.05, 4.69) is 132 Å². The van der Waals surface area contributed by atoms with Gasteiger partial charge in [-0.25, -0.2) is 0 Å². The Bertz CT molecular complexity index is 2810. The highest BCUT2D eigenvalue weighted by Crippen LogP contribution is 2.51. The lowest BCUT2D eigenvalue weighted by Crippen LogP contribution is -1.96. The van der Waals surface area contributed by atoms with Crippen molar-refractivity contribution in [2.45, 2.75) is 20.3 Å². The minimum absolute atomic E-state index is 0.880. The van der Waals surface area contributed by atoms with Crippen LogP contribution in [-0.4, -0.2) is 4.57 Å². The molecule has 2 aliphatic rings. The molecule has 7 aromatic carbocycles. The van der Waals surface area contributed by atoms with Crippen LogP contribution in [0.2, 0.25) is 0 Å². The molecule has 0 bridgehead atoms. The molecule has 0 spiro atoms. The number of nitrogens with zero attached hydrogens (tertiary/aromatic N) is 1. The fraction of sp³-hybridized carbons (Fsp3) is 0.0667. The minimum Gasteiger partial charge on any atom is -0.456 e. The zero-order valence-electron chi connectivity index (χ0n) is 26.8. The molecule has 9 aromatic rings. The molecule has 228 valence electrons. The number of para-hydroxylation sites is 2. The number of aromatic nitrogens is 1. The highest BCUT2D eigenvalue weighted by atomic mass is 16.3. The first-order valence-electron chi connectivity index (χ1n) is 16.6. The summed E-state index contributed by atoms with van der Waals surface area (Å²) in [6.45, 7) is 3.77. The van der Waals surface area contributed by atoms with Crippen LogP contribution in [0.15, 0.2) is 144 Å². The zero-order chi connectivity index (χ0) is 32.1. The van der Waals surface area contributed by atoms with Gasteiger partial charge in [-0.15, -0.1) is 0 Å². The summed E-state index contributed by atoms with van der Waals surface area (Å²) in [5, 5.41) is 7.74. The summed E-state index contributed by atoms with van der Waals surface area (Å²) in [4.78, 5) is 0. The molecule has 0 amide bonds. The molecule has 2 heterocycles. The van der Waals surface area contributed by atoms with E-state index in [4.69, 9.17) is 10.2 Å². The van der Waals surface area contributed by atoms with Crippen LogP contribution in [-0.2, 0) is 6.42 Å². The summed E-state index contributed by atoms with van der Waals surface area (Å²) in [7, 11) is 0. The Hall–Kier alpha value is -6.06. The summed E-state index contributed by atoms with van der Waals surface area (Å²) < 4.78 is 8.78. The molecule has 2 aliphatic carbocycles. The van der Waals surface area contributed by atoms with Gasteiger partial charge in [0.25, 0.3) is 0 Å². The van der Waals surface area contributed by atoms with Gasteiger partial charge in [0, 0.05) is 32.6 Å². The molecular weight excluding hydrogens is 585 g/mol. The third kappa shape index (κ3) is 3.59. The highest BCUT2D eigenvalue weighted by Gasteiger charge is 2.29. The lowest BCUT2D eigenvalue weighted by atomic mass is 9.98. The Labute approximate surface area is 278 Å². The zero-order valence-corrected chi connectivity index (χ0v) is 26.8. The highest BCUT2D eigenvalue weighted by molar-refractivity contribution is 6.22. The van der Waals surface area contributed by atoms with Crippen molar-refractivity contribution in [1.29, 1.82) is 0 Å². The Morgan fingerprint density at radius 1 is 0.583 bits per heavy atom. The lowest BCUT2D eigenvalue weighted by molar-refractivity contribution is 0.669. The number of allylic oxidation sites excluding steroid dienone is 2. The molecular formula is C45H32N2O. The molecule has 0 aliphatic heterocycles. The number of hydrogen-bond acceptors (Lipinski definition) is 2. The van der Waals surface area contributed by atoms with E-state index in [1.807, 2.05) is 19.9 Å². The second-order valence-electron chi connectivity index (χ2n) is 13.0. The van der Waals surface area contributed by atoms with E-state index in [0.29, 0.717) is 0 Å². The van der Waals surface area contributed by atoms with E-state index in [0.717, 1.165) is 23.3 Å². The summed E-state index contributed by atoms with van der Waals surface area (Å²) in [6.07, 6.45) is 2.78. The first-order valence-corrected chi connectivity index (χ1v) is 16.6. The van der Waals surface area contributed by atoms with Crippen LogP contribution in [0.4, 0.5) is 0 Å². The maximum absolute atomic E-state index is 6.28. The first kappa shape index (κ1) is 27.1. The van der Waals surface area contributed by atoms with Crippen LogP contribution in [0.1, 0.15) is 25.0 Å². The predicted octanol–water partition coefficient (Wildman–Crippen LogP) is 11.9. The third-order valence-electron chi connectivity index (χ3n) is 10.4. The molecule has 2 N–H and O–H groups in total. The summed E-state index contributed by atoms with van der Waals surface area (Å²) in [5.74, 6) is 0. The van der Waals surface area contributed by atoms with Gasteiger partial charge in [0.15, 0.2) is 0 Å². The summed E-state index contributed by atoms with van der Waals surface area (Å²) >= 11 is 0. The summed E-state index contributed by atoms with van der Waals surface area (Å²) in [6, 6.07) is 46.8. The van der Waals surface area contributed by atoms with E-state index in [-0.39, 0.29) is 0 Å². The molecule has 0 saturated carbocycles. The van der Waals surface area contributed by atoms with Crippen molar-refractivity contribution in [3.05, 3.63) is 150 Å². The van der Waals surface area contributed by atoms with Crippen LogP contribution in [0.5, 0.6) is 0 Å². The van der Waals surface area contributed by atoms with Crippen molar-refractivity contribution >= 4 is 54.5 Å². The molecule has 0 atom stereocenters. The van der Waals surface area contributed by atoms with Gasteiger partial charge in [0.2, 0.25) is 0 Å².